The summed E-state index contributed by atoms with van der Waals surface area (Å²) in [5.41, 5.74) is 0. The third kappa shape index (κ3) is 6.74. The monoisotopic (exact) mass is 317 g/mol. The van der Waals surface area contributed by atoms with E-state index in [0.29, 0.717) is 6.54 Å². The molecule has 0 unspecified atom stereocenters. The lowest BCUT2D eigenvalue weighted by Crippen LogP contribution is -2.39. The molecule has 1 heterocycles. The van der Waals surface area contributed by atoms with Gasteiger partial charge in [0.25, 0.3) is 5.91 Å². The summed E-state index contributed by atoms with van der Waals surface area (Å²) in [6, 6.07) is 3.18. The number of furan rings is 1. The fourth-order valence-corrected chi connectivity index (χ4v) is 2.68. The number of amides is 1. The van der Waals surface area contributed by atoms with Gasteiger partial charge in [-0.2, -0.15) is 0 Å². The van der Waals surface area contributed by atoms with Gasteiger partial charge in [0, 0.05) is 19.6 Å². The Labute approximate surface area is 126 Å². The number of nitrogens with one attached hydrogen (secondary N) is 1. The third-order valence-corrected chi connectivity index (χ3v) is 4.18. The standard InChI is InChI=1S/C13H23N3O4S/c1-15(2)8-5-9-16(21(3,18)19)10-7-14-13(17)12-6-4-11-20-12/h4,6,11H,5,7-10H2,1-3H3,(H,14,17). The molecule has 0 fully saturated rings. The SMILES string of the molecule is CN(C)CCCN(CCNC(=O)c1ccco1)S(C)(=O)=O. The molecule has 1 amide bonds. The summed E-state index contributed by atoms with van der Waals surface area (Å²) < 4.78 is 29.7. The van der Waals surface area contributed by atoms with Gasteiger partial charge in [-0.15, -0.1) is 0 Å². The van der Waals surface area contributed by atoms with Crippen LogP contribution in [0.5, 0.6) is 0 Å². The van der Waals surface area contributed by atoms with E-state index >= 15 is 0 Å². The Morgan fingerprint density at radius 1 is 1.29 bits per heavy atom. The highest BCUT2D eigenvalue weighted by Gasteiger charge is 2.16. The zero-order valence-corrected chi connectivity index (χ0v) is 13.5. The second-order valence-electron chi connectivity index (χ2n) is 5.05. The fourth-order valence-electron chi connectivity index (χ4n) is 1.80. The van der Waals surface area contributed by atoms with E-state index in [0.717, 1.165) is 13.0 Å². The number of hydrogen-bond acceptors (Lipinski definition) is 5. The highest BCUT2D eigenvalue weighted by atomic mass is 32.2. The predicted octanol–water partition coefficient (Wildman–Crippen LogP) is 0.223. The first-order valence-electron chi connectivity index (χ1n) is 6.72. The zero-order chi connectivity index (χ0) is 15.9. The molecule has 0 saturated heterocycles. The van der Waals surface area contributed by atoms with Crippen molar-refractivity contribution in [3.8, 4) is 0 Å². The van der Waals surface area contributed by atoms with Gasteiger partial charge in [-0.05, 0) is 39.2 Å². The minimum absolute atomic E-state index is 0.216. The van der Waals surface area contributed by atoms with Crippen molar-refractivity contribution in [3.63, 3.8) is 0 Å². The molecule has 0 aliphatic rings. The van der Waals surface area contributed by atoms with Crippen molar-refractivity contribution in [3.05, 3.63) is 24.2 Å². The van der Waals surface area contributed by atoms with Crippen molar-refractivity contribution in [1.82, 2.24) is 14.5 Å². The number of sulfonamides is 1. The summed E-state index contributed by atoms with van der Waals surface area (Å²) in [7, 11) is 0.603. The topological polar surface area (TPSA) is 82.9 Å². The van der Waals surface area contributed by atoms with Crippen molar-refractivity contribution in [2.45, 2.75) is 6.42 Å². The van der Waals surface area contributed by atoms with Crippen LogP contribution in [0, 0.1) is 0 Å². The minimum atomic E-state index is -3.27. The first-order valence-corrected chi connectivity index (χ1v) is 8.57. The first-order chi connectivity index (χ1) is 9.80. The van der Waals surface area contributed by atoms with Gasteiger partial charge in [0.2, 0.25) is 10.0 Å². The second kappa shape index (κ2) is 8.16. The van der Waals surface area contributed by atoms with Crippen molar-refractivity contribution in [2.24, 2.45) is 0 Å². The molecule has 0 saturated carbocycles. The van der Waals surface area contributed by atoms with Crippen LogP contribution in [0.25, 0.3) is 0 Å². The molecular weight excluding hydrogens is 294 g/mol. The maximum atomic E-state index is 11.7. The smallest absolute Gasteiger partial charge is 0.287 e. The number of carbonyl (C=O) groups excluding carboxylic acids is 1. The van der Waals surface area contributed by atoms with Gasteiger partial charge in [0.15, 0.2) is 5.76 Å². The van der Waals surface area contributed by atoms with E-state index < -0.39 is 10.0 Å². The van der Waals surface area contributed by atoms with Crippen LogP contribution in [-0.2, 0) is 10.0 Å². The van der Waals surface area contributed by atoms with Crippen molar-refractivity contribution in [1.29, 1.82) is 0 Å². The molecule has 0 aromatic carbocycles. The maximum absolute atomic E-state index is 11.7. The molecule has 1 rings (SSSR count). The molecule has 0 spiro atoms. The number of carbonyl (C=O) groups is 1. The summed E-state index contributed by atoms with van der Waals surface area (Å²) in [4.78, 5) is 13.7. The van der Waals surface area contributed by atoms with Crippen LogP contribution < -0.4 is 5.32 Å². The Morgan fingerprint density at radius 2 is 2.00 bits per heavy atom. The van der Waals surface area contributed by atoms with Gasteiger partial charge in [-0.25, -0.2) is 12.7 Å². The molecule has 8 heteroatoms. The van der Waals surface area contributed by atoms with E-state index in [1.165, 1.54) is 16.8 Å². The molecule has 0 aliphatic heterocycles. The Morgan fingerprint density at radius 3 is 2.52 bits per heavy atom. The number of rotatable bonds is 9. The van der Waals surface area contributed by atoms with Crippen LogP contribution in [0.3, 0.4) is 0 Å². The predicted molar refractivity (Wildman–Crippen MR) is 80.6 cm³/mol. The Kier molecular flexibility index (Phi) is 6.86. The van der Waals surface area contributed by atoms with Crippen LogP contribution in [0.2, 0.25) is 0 Å². The van der Waals surface area contributed by atoms with Gasteiger partial charge in [-0.3, -0.25) is 4.79 Å². The number of hydrogen-bond donors (Lipinski definition) is 1. The normalized spacial score (nSPS) is 12.0. The quantitative estimate of drug-likeness (QED) is 0.704. The molecule has 1 N–H and O–H groups in total. The lowest BCUT2D eigenvalue weighted by atomic mass is 10.4. The maximum Gasteiger partial charge on any atom is 0.287 e. The average molecular weight is 317 g/mol. The van der Waals surface area contributed by atoms with Gasteiger partial charge in [0.05, 0.1) is 12.5 Å². The van der Waals surface area contributed by atoms with Gasteiger partial charge >= 0.3 is 0 Å². The highest BCUT2D eigenvalue weighted by Crippen LogP contribution is 2.01. The van der Waals surface area contributed by atoms with Crippen LogP contribution >= 0.6 is 0 Å². The van der Waals surface area contributed by atoms with Crippen molar-refractivity contribution >= 4 is 15.9 Å². The summed E-state index contributed by atoms with van der Waals surface area (Å²) in [6.07, 6.45) is 3.34. The van der Waals surface area contributed by atoms with Crippen molar-refractivity contribution < 1.29 is 17.6 Å². The molecule has 0 bridgehead atoms. The van der Waals surface area contributed by atoms with Crippen LogP contribution in [0.4, 0.5) is 0 Å². The minimum Gasteiger partial charge on any atom is -0.459 e. The molecule has 0 aliphatic carbocycles. The lowest BCUT2D eigenvalue weighted by Gasteiger charge is -2.21. The van der Waals surface area contributed by atoms with E-state index in [1.807, 2.05) is 19.0 Å². The molecule has 120 valence electrons. The average Bonchev–Trinajstić information content (AvgIpc) is 2.88. The molecule has 1 aromatic rings. The first kappa shape index (κ1) is 17.7. The van der Waals surface area contributed by atoms with Gasteiger partial charge in [-0.1, -0.05) is 0 Å². The van der Waals surface area contributed by atoms with Crippen LogP contribution in [0.1, 0.15) is 17.0 Å². The molecule has 0 atom stereocenters. The fraction of sp³-hybridized carbons (Fsp3) is 0.615. The van der Waals surface area contributed by atoms with E-state index in [9.17, 15) is 13.2 Å². The zero-order valence-electron chi connectivity index (χ0n) is 12.7. The van der Waals surface area contributed by atoms with E-state index in [-0.39, 0.29) is 24.8 Å². The van der Waals surface area contributed by atoms with Gasteiger partial charge in [0.1, 0.15) is 0 Å². The van der Waals surface area contributed by atoms with E-state index in [1.54, 1.807) is 12.1 Å². The molecule has 21 heavy (non-hydrogen) atoms. The Hall–Kier alpha value is -1.38. The third-order valence-electron chi connectivity index (χ3n) is 2.87. The summed E-state index contributed by atoms with van der Waals surface area (Å²) in [6.45, 7) is 1.74. The molecule has 7 nitrogen and oxygen atoms in total. The molecule has 1 aromatic heterocycles. The van der Waals surface area contributed by atoms with Gasteiger partial charge < -0.3 is 14.6 Å². The molecule has 0 radical (unpaired) electrons. The van der Waals surface area contributed by atoms with E-state index in [4.69, 9.17) is 4.42 Å². The largest absolute Gasteiger partial charge is 0.459 e. The lowest BCUT2D eigenvalue weighted by molar-refractivity contribution is 0.0924. The van der Waals surface area contributed by atoms with Crippen molar-refractivity contribution in [2.75, 3.05) is 46.5 Å². The number of nitrogens with zero attached hydrogens (tertiary/aromatic N) is 2. The molecular formula is C13H23N3O4S. The Bertz CT molecular complexity index is 526. The van der Waals surface area contributed by atoms with E-state index in [2.05, 4.69) is 5.32 Å². The van der Waals surface area contributed by atoms with Crippen LogP contribution in [0.15, 0.2) is 22.8 Å². The second-order valence-corrected chi connectivity index (χ2v) is 7.03. The summed E-state index contributed by atoms with van der Waals surface area (Å²) >= 11 is 0. The summed E-state index contributed by atoms with van der Waals surface area (Å²) in [5.74, 6) is -0.129. The summed E-state index contributed by atoms with van der Waals surface area (Å²) in [5, 5.41) is 2.64. The Balaban J connectivity index is 2.41. The van der Waals surface area contributed by atoms with Crippen LogP contribution in [-0.4, -0.2) is 70.1 Å². The highest BCUT2D eigenvalue weighted by molar-refractivity contribution is 7.88.